The number of fused-ring (bicyclic) bond motifs is 1. The summed E-state index contributed by atoms with van der Waals surface area (Å²) < 4.78 is 42.6. The van der Waals surface area contributed by atoms with Crippen molar-refractivity contribution in [3.63, 3.8) is 0 Å². The van der Waals surface area contributed by atoms with Gasteiger partial charge in [0.25, 0.3) is 0 Å². The summed E-state index contributed by atoms with van der Waals surface area (Å²) in [7, 11) is 0. The molecule has 1 aromatic carbocycles. The summed E-state index contributed by atoms with van der Waals surface area (Å²) in [6.45, 7) is 0.635. The van der Waals surface area contributed by atoms with Crippen molar-refractivity contribution in [3.8, 4) is 17.0 Å². The Balaban J connectivity index is 1.60. The second-order valence-corrected chi connectivity index (χ2v) is 6.65. The first-order valence-electron chi connectivity index (χ1n) is 7.94. The first kappa shape index (κ1) is 17.3. The van der Waals surface area contributed by atoms with Crippen molar-refractivity contribution in [3.05, 3.63) is 65.2 Å². The summed E-state index contributed by atoms with van der Waals surface area (Å²) in [5.41, 5.74) is 2.09. The van der Waals surface area contributed by atoms with E-state index in [1.54, 1.807) is 42.1 Å². The molecule has 4 rings (SSSR count). The maximum Gasteiger partial charge on any atom is 0.573 e. The highest BCUT2D eigenvalue weighted by atomic mass is 32.1. The molecule has 0 radical (unpaired) electrons. The minimum Gasteiger partial charge on any atom is -0.406 e. The van der Waals surface area contributed by atoms with Crippen LogP contribution in [0.5, 0.6) is 5.75 Å². The van der Waals surface area contributed by atoms with Crippen LogP contribution in [0.2, 0.25) is 0 Å². The Bertz CT molecular complexity index is 1040. The fraction of sp³-hybridized carbons (Fsp3) is 0.111. The molecule has 3 heterocycles. The molecule has 0 atom stereocenters. The van der Waals surface area contributed by atoms with Crippen molar-refractivity contribution in [2.75, 3.05) is 5.32 Å². The van der Waals surface area contributed by atoms with E-state index in [1.165, 1.54) is 17.0 Å². The van der Waals surface area contributed by atoms with Gasteiger partial charge in [0.2, 0.25) is 0 Å². The van der Waals surface area contributed by atoms with E-state index >= 15 is 0 Å². The molecule has 5 nitrogen and oxygen atoms in total. The van der Waals surface area contributed by atoms with Gasteiger partial charge in [-0.25, -0.2) is 9.97 Å². The van der Waals surface area contributed by atoms with Gasteiger partial charge in [0.1, 0.15) is 5.75 Å². The Morgan fingerprint density at radius 1 is 1.11 bits per heavy atom. The van der Waals surface area contributed by atoms with E-state index < -0.39 is 6.36 Å². The predicted octanol–water partition coefficient (Wildman–Crippen LogP) is 4.97. The molecule has 0 spiro atoms. The summed E-state index contributed by atoms with van der Waals surface area (Å²) in [5, 5.41) is 5.27. The highest BCUT2D eigenvalue weighted by Crippen LogP contribution is 2.28. The van der Waals surface area contributed by atoms with Crippen LogP contribution >= 0.6 is 11.3 Å². The Hall–Kier alpha value is -3.07. The number of alkyl halides is 3. The highest BCUT2D eigenvalue weighted by Gasteiger charge is 2.31. The predicted molar refractivity (Wildman–Crippen MR) is 96.8 cm³/mol. The number of nitrogens with one attached hydrogen (secondary N) is 1. The molecule has 0 aliphatic rings. The van der Waals surface area contributed by atoms with Crippen LogP contribution < -0.4 is 10.1 Å². The van der Waals surface area contributed by atoms with Crippen molar-refractivity contribution < 1.29 is 17.9 Å². The van der Waals surface area contributed by atoms with Crippen molar-refractivity contribution in [2.24, 2.45) is 0 Å². The number of nitrogens with zero attached hydrogens (tertiary/aromatic N) is 3. The summed E-state index contributed by atoms with van der Waals surface area (Å²) in [4.78, 5) is 9.91. The van der Waals surface area contributed by atoms with Gasteiger partial charge < -0.3 is 10.1 Å². The third kappa shape index (κ3) is 3.87. The lowest BCUT2D eigenvalue weighted by atomic mass is 10.1. The molecule has 3 aromatic heterocycles. The average Bonchev–Trinajstić information content (AvgIpc) is 3.29. The standard InChI is InChI=1S/C18H13F3N4OS/c19-18(20,21)26-13-5-3-12(4-6-13)15-11-24-17-16(22-7-8-25(15)17)23-10-14-2-1-9-27-14/h1-9,11H,10H2,(H,22,23). The van der Waals surface area contributed by atoms with Gasteiger partial charge >= 0.3 is 6.36 Å². The van der Waals surface area contributed by atoms with Crippen LogP contribution in [-0.2, 0) is 6.54 Å². The minimum atomic E-state index is -4.71. The monoisotopic (exact) mass is 390 g/mol. The molecule has 0 unspecified atom stereocenters. The fourth-order valence-electron chi connectivity index (χ4n) is 2.67. The van der Waals surface area contributed by atoms with Crippen molar-refractivity contribution in [2.45, 2.75) is 12.9 Å². The molecule has 138 valence electrons. The molecule has 4 aromatic rings. The fourth-order valence-corrected chi connectivity index (χ4v) is 3.31. The van der Waals surface area contributed by atoms with E-state index in [4.69, 9.17) is 0 Å². The first-order valence-corrected chi connectivity index (χ1v) is 8.82. The number of hydrogen-bond acceptors (Lipinski definition) is 5. The van der Waals surface area contributed by atoms with E-state index in [2.05, 4.69) is 20.0 Å². The van der Waals surface area contributed by atoms with Gasteiger partial charge in [-0.05, 0) is 35.7 Å². The molecular weight excluding hydrogens is 377 g/mol. The quantitative estimate of drug-likeness (QED) is 0.523. The summed E-state index contributed by atoms with van der Waals surface area (Å²) in [6, 6.07) is 9.68. The topological polar surface area (TPSA) is 51.5 Å². The molecule has 9 heteroatoms. The Morgan fingerprint density at radius 3 is 2.63 bits per heavy atom. The number of rotatable bonds is 5. The maximum atomic E-state index is 12.3. The van der Waals surface area contributed by atoms with E-state index in [0.29, 0.717) is 23.6 Å². The second kappa shape index (κ2) is 6.92. The van der Waals surface area contributed by atoms with Gasteiger partial charge in [-0.3, -0.25) is 4.40 Å². The van der Waals surface area contributed by atoms with Gasteiger partial charge in [-0.15, -0.1) is 24.5 Å². The van der Waals surface area contributed by atoms with Crippen LogP contribution in [0.25, 0.3) is 16.9 Å². The number of ether oxygens (including phenoxy) is 1. The van der Waals surface area contributed by atoms with E-state index in [9.17, 15) is 13.2 Å². The molecule has 0 aliphatic heterocycles. The Kier molecular flexibility index (Phi) is 4.44. The number of hydrogen-bond donors (Lipinski definition) is 1. The molecular formula is C18H13F3N4OS. The average molecular weight is 390 g/mol. The minimum absolute atomic E-state index is 0.264. The zero-order valence-corrected chi connectivity index (χ0v) is 14.6. The van der Waals surface area contributed by atoms with Gasteiger partial charge in [-0.1, -0.05) is 6.07 Å². The third-order valence-electron chi connectivity index (χ3n) is 3.82. The first-order chi connectivity index (χ1) is 13.0. The number of imidazole rings is 1. The van der Waals surface area contributed by atoms with Crippen molar-refractivity contribution >= 4 is 22.8 Å². The van der Waals surface area contributed by atoms with Gasteiger partial charge in [0.05, 0.1) is 18.4 Å². The van der Waals surface area contributed by atoms with Crippen LogP contribution in [0.15, 0.2) is 60.4 Å². The largest absolute Gasteiger partial charge is 0.573 e. The molecule has 0 bridgehead atoms. The van der Waals surface area contributed by atoms with Crippen LogP contribution in [0.3, 0.4) is 0 Å². The molecule has 0 saturated carbocycles. The molecule has 0 aliphatic carbocycles. The molecule has 0 fully saturated rings. The summed E-state index contributed by atoms with van der Waals surface area (Å²) in [5.74, 6) is 0.370. The van der Waals surface area contributed by atoms with E-state index in [0.717, 1.165) is 5.69 Å². The van der Waals surface area contributed by atoms with Gasteiger partial charge in [0.15, 0.2) is 11.5 Å². The molecule has 27 heavy (non-hydrogen) atoms. The summed E-state index contributed by atoms with van der Waals surface area (Å²) in [6.07, 6.45) is 0.358. The second-order valence-electron chi connectivity index (χ2n) is 5.62. The maximum absolute atomic E-state index is 12.3. The normalized spacial score (nSPS) is 11.7. The lowest BCUT2D eigenvalue weighted by molar-refractivity contribution is -0.274. The summed E-state index contributed by atoms with van der Waals surface area (Å²) >= 11 is 1.65. The zero-order chi connectivity index (χ0) is 18.9. The number of thiophene rings is 1. The number of anilines is 1. The van der Waals surface area contributed by atoms with Crippen LogP contribution in [0.1, 0.15) is 4.88 Å². The Morgan fingerprint density at radius 2 is 1.93 bits per heavy atom. The zero-order valence-electron chi connectivity index (χ0n) is 13.8. The van der Waals surface area contributed by atoms with Gasteiger partial charge in [0, 0.05) is 22.8 Å². The molecule has 0 saturated heterocycles. The SMILES string of the molecule is FC(F)(F)Oc1ccc(-c2cnc3c(NCc4cccs4)nccn23)cc1. The number of aromatic nitrogens is 3. The van der Waals surface area contributed by atoms with Crippen molar-refractivity contribution in [1.29, 1.82) is 0 Å². The van der Waals surface area contributed by atoms with Crippen LogP contribution in [-0.4, -0.2) is 20.7 Å². The van der Waals surface area contributed by atoms with Crippen molar-refractivity contribution in [1.82, 2.24) is 14.4 Å². The molecule has 1 N–H and O–H groups in total. The lowest BCUT2D eigenvalue weighted by Crippen LogP contribution is -2.16. The number of benzene rings is 1. The van der Waals surface area contributed by atoms with E-state index in [1.807, 2.05) is 21.9 Å². The smallest absolute Gasteiger partial charge is 0.406 e. The van der Waals surface area contributed by atoms with Crippen LogP contribution in [0.4, 0.5) is 19.0 Å². The third-order valence-corrected chi connectivity index (χ3v) is 4.70. The van der Waals surface area contributed by atoms with E-state index in [-0.39, 0.29) is 5.75 Å². The number of halogens is 3. The van der Waals surface area contributed by atoms with Gasteiger partial charge in [-0.2, -0.15) is 0 Å². The molecule has 0 amide bonds. The highest BCUT2D eigenvalue weighted by molar-refractivity contribution is 7.09. The van der Waals surface area contributed by atoms with Crippen LogP contribution in [0, 0.1) is 0 Å². The Labute approximate surface area is 156 Å². The lowest BCUT2D eigenvalue weighted by Gasteiger charge is -2.09.